The number of thioether (sulfide) groups is 1. The lowest BCUT2D eigenvalue weighted by atomic mass is 9.94. The number of nitrogens with two attached hydrogens (primary N) is 1. The highest BCUT2D eigenvalue weighted by molar-refractivity contribution is 8.01. The number of aromatic nitrogens is 4. The smallest absolute Gasteiger partial charge is 0.249 e. The zero-order valence-corrected chi connectivity index (χ0v) is 22.6. The second-order valence-electron chi connectivity index (χ2n) is 9.90. The van der Waals surface area contributed by atoms with Crippen LogP contribution in [0.1, 0.15) is 42.9 Å². The average molecular weight is 551 g/mol. The number of methoxy groups -OCH3 is 1. The van der Waals surface area contributed by atoms with Crippen molar-refractivity contribution in [2.45, 2.75) is 48.6 Å². The van der Waals surface area contributed by atoms with Gasteiger partial charge in [-0.2, -0.15) is 0 Å². The highest BCUT2D eigenvalue weighted by Gasteiger charge is 2.63. The SMILES string of the molecule is COc1ccc(Cn2nnnc2C2N3C(=O)C(NC(=O)C(NC(=O)CN)c4ccccc4)[C@@H]3SC2(C)C)cc1. The van der Waals surface area contributed by atoms with Crippen LogP contribution in [0.4, 0.5) is 0 Å². The van der Waals surface area contributed by atoms with Crippen molar-refractivity contribution in [1.82, 2.24) is 35.7 Å². The van der Waals surface area contributed by atoms with Crippen LogP contribution in [-0.4, -0.2) is 72.6 Å². The van der Waals surface area contributed by atoms with Crippen LogP contribution in [0, 0.1) is 0 Å². The molecule has 3 amide bonds. The second-order valence-corrected chi connectivity index (χ2v) is 11.7. The van der Waals surface area contributed by atoms with Crippen LogP contribution < -0.4 is 21.1 Å². The van der Waals surface area contributed by atoms with Gasteiger partial charge in [-0.05, 0) is 47.5 Å². The molecule has 204 valence electrons. The summed E-state index contributed by atoms with van der Waals surface area (Å²) in [4.78, 5) is 40.5. The number of ether oxygens (including phenoxy) is 1. The fraction of sp³-hybridized carbons (Fsp3) is 0.385. The van der Waals surface area contributed by atoms with Gasteiger partial charge in [0.1, 0.15) is 29.2 Å². The maximum absolute atomic E-state index is 13.4. The number of amides is 3. The maximum atomic E-state index is 13.4. The van der Waals surface area contributed by atoms with Crippen molar-refractivity contribution >= 4 is 29.5 Å². The molecule has 2 aliphatic heterocycles. The molecule has 1 aromatic heterocycles. The Morgan fingerprint density at radius 2 is 1.87 bits per heavy atom. The Labute approximate surface area is 229 Å². The number of rotatable bonds is 9. The summed E-state index contributed by atoms with van der Waals surface area (Å²) in [6, 6.07) is 14.3. The summed E-state index contributed by atoms with van der Waals surface area (Å²) in [5, 5.41) is 17.6. The number of carbonyl (C=O) groups excluding carboxylic acids is 3. The largest absolute Gasteiger partial charge is 0.497 e. The normalized spacial score (nSPS) is 22.0. The van der Waals surface area contributed by atoms with Gasteiger partial charge in [-0.15, -0.1) is 16.9 Å². The van der Waals surface area contributed by atoms with E-state index in [0.717, 1.165) is 11.3 Å². The third kappa shape index (κ3) is 5.06. The van der Waals surface area contributed by atoms with Gasteiger partial charge in [-0.3, -0.25) is 14.4 Å². The topological polar surface area (TPSA) is 157 Å². The molecule has 39 heavy (non-hydrogen) atoms. The number of benzene rings is 2. The Morgan fingerprint density at radius 1 is 1.15 bits per heavy atom. The third-order valence-electron chi connectivity index (χ3n) is 6.92. The molecule has 13 heteroatoms. The molecule has 2 fully saturated rings. The number of fused-ring (bicyclic) bond motifs is 1. The molecule has 0 bridgehead atoms. The predicted octanol–water partition coefficient (Wildman–Crippen LogP) is 0.766. The van der Waals surface area contributed by atoms with Gasteiger partial charge in [0.25, 0.3) is 0 Å². The number of β-lactam (4-membered cyclic amide) rings is 1. The van der Waals surface area contributed by atoms with Crippen LogP contribution >= 0.6 is 11.8 Å². The first-order chi connectivity index (χ1) is 18.7. The van der Waals surface area contributed by atoms with Gasteiger partial charge in [0.15, 0.2) is 5.82 Å². The Hall–Kier alpha value is -3.97. The van der Waals surface area contributed by atoms with Crippen molar-refractivity contribution in [2.75, 3.05) is 13.7 Å². The van der Waals surface area contributed by atoms with E-state index in [2.05, 4.69) is 26.2 Å². The molecular formula is C26H30N8O4S. The number of nitrogens with one attached hydrogen (secondary N) is 2. The molecule has 2 aromatic carbocycles. The van der Waals surface area contributed by atoms with E-state index in [1.807, 2.05) is 44.2 Å². The summed E-state index contributed by atoms with van der Waals surface area (Å²) in [5.74, 6) is 0.143. The lowest BCUT2D eigenvalue weighted by Crippen LogP contribution is -2.68. The number of carbonyl (C=O) groups is 3. The minimum atomic E-state index is -0.976. The van der Waals surface area contributed by atoms with Gasteiger partial charge < -0.3 is 26.0 Å². The summed E-state index contributed by atoms with van der Waals surface area (Å²) in [5.41, 5.74) is 7.04. The first kappa shape index (κ1) is 26.6. The minimum Gasteiger partial charge on any atom is -0.497 e. The summed E-state index contributed by atoms with van der Waals surface area (Å²) in [6.07, 6.45) is 0. The molecule has 5 rings (SSSR count). The quantitative estimate of drug-likeness (QED) is 0.327. The monoisotopic (exact) mass is 550 g/mol. The molecule has 4 atom stereocenters. The van der Waals surface area contributed by atoms with Gasteiger partial charge in [-0.25, -0.2) is 4.68 Å². The molecular weight excluding hydrogens is 520 g/mol. The first-order valence-corrected chi connectivity index (χ1v) is 13.3. The van der Waals surface area contributed by atoms with E-state index in [9.17, 15) is 14.4 Å². The molecule has 3 heterocycles. The van der Waals surface area contributed by atoms with Gasteiger partial charge in [0.2, 0.25) is 17.7 Å². The van der Waals surface area contributed by atoms with E-state index >= 15 is 0 Å². The predicted molar refractivity (Wildman–Crippen MR) is 143 cm³/mol. The Kier molecular flexibility index (Phi) is 7.28. The molecule has 3 aromatic rings. The van der Waals surface area contributed by atoms with Crippen molar-refractivity contribution in [3.05, 3.63) is 71.5 Å². The Morgan fingerprint density at radius 3 is 2.54 bits per heavy atom. The van der Waals surface area contributed by atoms with Crippen LogP contribution in [-0.2, 0) is 20.9 Å². The molecule has 2 aliphatic rings. The molecule has 2 saturated heterocycles. The summed E-state index contributed by atoms with van der Waals surface area (Å²) in [7, 11) is 1.61. The lowest BCUT2D eigenvalue weighted by molar-refractivity contribution is -0.152. The molecule has 3 unspecified atom stereocenters. The van der Waals surface area contributed by atoms with Crippen molar-refractivity contribution in [2.24, 2.45) is 5.73 Å². The average Bonchev–Trinajstić information content (AvgIpc) is 3.49. The Balaban J connectivity index is 1.34. The lowest BCUT2D eigenvalue weighted by Gasteiger charge is -2.44. The minimum absolute atomic E-state index is 0.229. The molecule has 0 aliphatic carbocycles. The number of nitrogens with zero attached hydrogens (tertiary/aromatic N) is 5. The highest BCUT2D eigenvalue weighted by Crippen LogP contribution is 2.57. The second kappa shape index (κ2) is 10.7. The first-order valence-electron chi connectivity index (χ1n) is 12.5. The number of tetrazole rings is 1. The van der Waals surface area contributed by atoms with Crippen LogP contribution in [0.5, 0.6) is 5.75 Å². The van der Waals surface area contributed by atoms with E-state index in [1.165, 1.54) is 0 Å². The highest BCUT2D eigenvalue weighted by atomic mass is 32.2. The molecule has 0 radical (unpaired) electrons. The van der Waals surface area contributed by atoms with E-state index in [4.69, 9.17) is 10.5 Å². The molecule has 12 nitrogen and oxygen atoms in total. The van der Waals surface area contributed by atoms with Crippen LogP contribution in [0.3, 0.4) is 0 Å². The maximum Gasteiger partial charge on any atom is 0.249 e. The van der Waals surface area contributed by atoms with Crippen molar-refractivity contribution in [3.63, 3.8) is 0 Å². The van der Waals surface area contributed by atoms with Gasteiger partial charge in [-0.1, -0.05) is 42.5 Å². The fourth-order valence-electron chi connectivity index (χ4n) is 4.99. The van der Waals surface area contributed by atoms with E-state index in [-0.39, 0.29) is 17.8 Å². The van der Waals surface area contributed by atoms with E-state index in [1.54, 1.807) is 52.7 Å². The molecule has 0 saturated carbocycles. The fourth-order valence-corrected chi connectivity index (χ4v) is 6.62. The number of hydrogen-bond donors (Lipinski definition) is 3. The zero-order chi connectivity index (χ0) is 27.7. The molecule has 4 N–H and O–H groups in total. The van der Waals surface area contributed by atoms with Crippen LogP contribution in [0.2, 0.25) is 0 Å². The van der Waals surface area contributed by atoms with Crippen molar-refractivity contribution in [1.29, 1.82) is 0 Å². The van der Waals surface area contributed by atoms with Gasteiger partial charge >= 0.3 is 0 Å². The van der Waals surface area contributed by atoms with E-state index in [0.29, 0.717) is 17.9 Å². The van der Waals surface area contributed by atoms with E-state index < -0.39 is 34.7 Å². The number of hydrogen-bond acceptors (Lipinski definition) is 9. The zero-order valence-electron chi connectivity index (χ0n) is 21.8. The van der Waals surface area contributed by atoms with Crippen LogP contribution in [0.25, 0.3) is 0 Å². The Bertz CT molecular complexity index is 1360. The van der Waals surface area contributed by atoms with Crippen molar-refractivity contribution < 1.29 is 19.1 Å². The summed E-state index contributed by atoms with van der Waals surface area (Å²) in [6.45, 7) is 4.24. The van der Waals surface area contributed by atoms with Crippen LogP contribution in [0.15, 0.2) is 54.6 Å². The third-order valence-corrected chi connectivity index (χ3v) is 8.49. The van der Waals surface area contributed by atoms with Gasteiger partial charge in [0.05, 0.1) is 20.2 Å². The summed E-state index contributed by atoms with van der Waals surface area (Å²) >= 11 is 1.58. The van der Waals surface area contributed by atoms with Crippen molar-refractivity contribution in [3.8, 4) is 5.75 Å². The summed E-state index contributed by atoms with van der Waals surface area (Å²) < 4.78 is 6.50. The standard InChI is InChI=1S/C26H30N8O4S/c1-26(2)21(22-30-31-32-33(22)14-15-9-11-17(38-3)12-10-15)34-24(37)20(25(34)39-26)29-23(36)19(28-18(35)13-27)16-7-5-4-6-8-16/h4-12,19-21,25H,13-14,27H2,1-3H3,(H,28,35)(H,29,36)/t19?,20?,21?,25-/m0/s1. The van der Waals surface area contributed by atoms with Gasteiger partial charge in [0, 0.05) is 4.75 Å². The molecule has 0 spiro atoms.